The summed E-state index contributed by atoms with van der Waals surface area (Å²) in [4.78, 5) is 1.81. The summed E-state index contributed by atoms with van der Waals surface area (Å²) in [5.41, 5.74) is 2.15. The molecule has 140 valence electrons. The summed E-state index contributed by atoms with van der Waals surface area (Å²) in [6, 6.07) is 13.5. The Morgan fingerprint density at radius 2 is 1.69 bits per heavy atom. The Morgan fingerprint density at radius 3 is 2.42 bits per heavy atom. The highest BCUT2D eigenvalue weighted by molar-refractivity contribution is 7.91. The number of nitrogens with one attached hydrogen (secondary N) is 1. The number of hydrogen-bond donors (Lipinski definition) is 1. The number of morpholine rings is 1. The van der Waals surface area contributed by atoms with Crippen molar-refractivity contribution < 1.29 is 21.9 Å². The van der Waals surface area contributed by atoms with Gasteiger partial charge in [0.1, 0.15) is 0 Å². The second kappa shape index (κ2) is 8.01. The quantitative estimate of drug-likeness (QED) is 0.832. The molecule has 0 saturated carbocycles. The molecule has 0 spiro atoms. The van der Waals surface area contributed by atoms with Crippen LogP contribution in [-0.2, 0) is 21.1 Å². The van der Waals surface area contributed by atoms with Crippen LogP contribution in [0.1, 0.15) is 5.56 Å². The molecule has 1 N–H and O–H groups in total. The van der Waals surface area contributed by atoms with Crippen LogP contribution in [-0.4, -0.2) is 40.5 Å². The molecule has 5 nitrogen and oxygen atoms in total. The first kappa shape index (κ1) is 18.6. The molecular weight excluding hydrogens is 362 g/mol. The molecule has 0 aliphatic carbocycles. The number of benzene rings is 2. The van der Waals surface area contributed by atoms with Gasteiger partial charge in [-0.1, -0.05) is 30.3 Å². The Balaban J connectivity index is 1.83. The lowest BCUT2D eigenvalue weighted by Crippen LogP contribution is -2.36. The van der Waals surface area contributed by atoms with Crippen LogP contribution in [0.2, 0.25) is 0 Å². The zero-order valence-electron chi connectivity index (χ0n) is 14.1. The van der Waals surface area contributed by atoms with E-state index in [1.54, 1.807) is 6.07 Å². The van der Waals surface area contributed by atoms with Crippen molar-refractivity contribution in [3.05, 3.63) is 54.1 Å². The molecule has 2 aromatic rings. The molecule has 0 atom stereocenters. The Hall–Kier alpha value is -2.19. The Labute approximate surface area is 151 Å². The van der Waals surface area contributed by atoms with Crippen LogP contribution in [0.5, 0.6) is 0 Å². The predicted octanol–water partition coefficient (Wildman–Crippen LogP) is 3.13. The van der Waals surface area contributed by atoms with Crippen molar-refractivity contribution in [1.29, 1.82) is 0 Å². The number of ether oxygens (including phenoxy) is 1. The minimum absolute atomic E-state index is 0.171. The first-order valence-corrected chi connectivity index (χ1v) is 9.80. The van der Waals surface area contributed by atoms with Crippen LogP contribution in [0.3, 0.4) is 0 Å². The Kier molecular flexibility index (Phi) is 5.73. The van der Waals surface area contributed by atoms with Crippen LogP contribution in [0.4, 0.5) is 20.2 Å². The number of anilines is 2. The highest BCUT2D eigenvalue weighted by atomic mass is 32.2. The molecule has 8 heteroatoms. The summed E-state index contributed by atoms with van der Waals surface area (Å²) < 4.78 is 54.9. The van der Waals surface area contributed by atoms with Crippen LogP contribution in [0.25, 0.3) is 0 Å². The number of rotatable bonds is 6. The van der Waals surface area contributed by atoms with Crippen molar-refractivity contribution in [3.8, 4) is 0 Å². The average Bonchev–Trinajstić information content (AvgIpc) is 2.67. The molecule has 0 amide bonds. The molecule has 0 radical (unpaired) electrons. The van der Waals surface area contributed by atoms with Crippen LogP contribution in [0, 0.1) is 0 Å². The lowest BCUT2D eigenvalue weighted by atomic mass is 10.1. The minimum atomic E-state index is -4.67. The molecule has 26 heavy (non-hydrogen) atoms. The topological polar surface area (TPSA) is 58.6 Å². The van der Waals surface area contributed by atoms with Crippen molar-refractivity contribution in [2.24, 2.45) is 0 Å². The zero-order valence-corrected chi connectivity index (χ0v) is 14.9. The maximum Gasteiger partial charge on any atom is 0.341 e. The van der Waals surface area contributed by atoms with Gasteiger partial charge in [-0.3, -0.25) is 0 Å². The van der Waals surface area contributed by atoms with Crippen molar-refractivity contribution >= 4 is 21.2 Å². The first-order valence-electron chi connectivity index (χ1n) is 8.25. The van der Waals surface area contributed by atoms with Crippen LogP contribution in [0.15, 0.2) is 53.4 Å². The summed E-state index contributed by atoms with van der Waals surface area (Å²) in [5.74, 6) is -3.45. The number of para-hydroxylation sites is 2. The van der Waals surface area contributed by atoms with Crippen molar-refractivity contribution in [3.63, 3.8) is 0 Å². The van der Waals surface area contributed by atoms with E-state index >= 15 is 0 Å². The van der Waals surface area contributed by atoms with Crippen LogP contribution >= 0.6 is 0 Å². The van der Waals surface area contributed by atoms with Gasteiger partial charge in [-0.15, -0.1) is 0 Å². The fraction of sp³-hybridized carbons (Fsp3) is 0.333. The number of alkyl halides is 2. The largest absolute Gasteiger partial charge is 0.380 e. The lowest BCUT2D eigenvalue weighted by molar-refractivity contribution is 0.122. The van der Waals surface area contributed by atoms with Gasteiger partial charge in [-0.2, -0.15) is 8.78 Å². The van der Waals surface area contributed by atoms with E-state index in [9.17, 15) is 17.2 Å². The fourth-order valence-electron chi connectivity index (χ4n) is 2.92. The number of nitrogens with zero attached hydrogens (tertiary/aromatic N) is 1. The second-order valence-corrected chi connectivity index (χ2v) is 7.77. The molecule has 1 aliphatic heterocycles. The van der Waals surface area contributed by atoms with Gasteiger partial charge in [-0.05, 0) is 23.8 Å². The molecule has 3 rings (SSSR count). The van der Waals surface area contributed by atoms with Gasteiger partial charge in [0.05, 0.1) is 23.8 Å². The highest BCUT2D eigenvalue weighted by Crippen LogP contribution is 2.28. The van der Waals surface area contributed by atoms with Crippen LogP contribution < -0.4 is 10.2 Å². The van der Waals surface area contributed by atoms with E-state index < -0.39 is 15.6 Å². The van der Waals surface area contributed by atoms with Gasteiger partial charge in [0.15, 0.2) is 0 Å². The average molecular weight is 382 g/mol. The van der Waals surface area contributed by atoms with E-state index in [0.29, 0.717) is 19.8 Å². The molecule has 0 unspecified atom stereocenters. The Morgan fingerprint density at radius 1 is 1.04 bits per heavy atom. The fourth-order valence-corrected chi connectivity index (χ4v) is 3.83. The minimum Gasteiger partial charge on any atom is -0.380 e. The van der Waals surface area contributed by atoms with Gasteiger partial charge in [0, 0.05) is 25.3 Å². The third-order valence-corrected chi connectivity index (χ3v) is 5.68. The van der Waals surface area contributed by atoms with E-state index in [1.165, 1.54) is 18.2 Å². The number of halogens is 2. The van der Waals surface area contributed by atoms with E-state index in [1.807, 2.05) is 24.3 Å². The summed E-state index contributed by atoms with van der Waals surface area (Å²) in [6.45, 7) is 3.17. The van der Waals surface area contributed by atoms with Gasteiger partial charge in [0.25, 0.3) is 0 Å². The van der Waals surface area contributed by atoms with Crippen molar-refractivity contribution in [2.75, 3.05) is 36.5 Å². The molecule has 1 aliphatic rings. The van der Waals surface area contributed by atoms with Gasteiger partial charge < -0.3 is 15.0 Å². The number of sulfone groups is 1. The number of hydrogen-bond acceptors (Lipinski definition) is 5. The summed E-state index contributed by atoms with van der Waals surface area (Å²) in [5, 5.41) is 3.00. The van der Waals surface area contributed by atoms with Crippen molar-refractivity contribution in [2.45, 2.75) is 17.2 Å². The monoisotopic (exact) mass is 382 g/mol. The summed E-state index contributed by atoms with van der Waals surface area (Å²) >= 11 is 0. The standard InChI is InChI=1S/C18H20F2N2O3S/c19-18(20)26(23,24)17-8-4-2-6-15(17)21-13-14-5-1-3-7-16(14)22-9-11-25-12-10-22/h1-8,18,21H,9-13H2. The summed E-state index contributed by atoms with van der Waals surface area (Å²) in [6.07, 6.45) is 0. The maximum atomic E-state index is 12.9. The highest BCUT2D eigenvalue weighted by Gasteiger charge is 2.29. The zero-order chi connectivity index (χ0) is 18.6. The lowest BCUT2D eigenvalue weighted by Gasteiger charge is -2.30. The van der Waals surface area contributed by atoms with E-state index in [-0.39, 0.29) is 10.6 Å². The molecule has 0 bridgehead atoms. The van der Waals surface area contributed by atoms with E-state index in [4.69, 9.17) is 4.74 Å². The molecule has 0 aromatic heterocycles. The normalized spacial score (nSPS) is 15.3. The molecule has 1 fully saturated rings. The molecule has 2 aromatic carbocycles. The molecular formula is C18H20F2N2O3S. The summed E-state index contributed by atoms with van der Waals surface area (Å²) in [7, 11) is -4.67. The molecule has 1 heterocycles. The smallest absolute Gasteiger partial charge is 0.341 e. The maximum absolute atomic E-state index is 12.9. The third kappa shape index (κ3) is 3.96. The first-order chi connectivity index (χ1) is 12.5. The molecule has 1 saturated heterocycles. The van der Waals surface area contributed by atoms with Gasteiger partial charge >= 0.3 is 5.76 Å². The predicted molar refractivity (Wildman–Crippen MR) is 96.4 cm³/mol. The van der Waals surface area contributed by atoms with Gasteiger partial charge in [0.2, 0.25) is 9.84 Å². The Bertz CT molecular complexity index is 853. The van der Waals surface area contributed by atoms with E-state index in [2.05, 4.69) is 10.2 Å². The second-order valence-electron chi connectivity index (χ2n) is 5.88. The van der Waals surface area contributed by atoms with Gasteiger partial charge in [-0.25, -0.2) is 8.42 Å². The third-order valence-electron chi connectivity index (χ3n) is 4.24. The van der Waals surface area contributed by atoms with Crippen molar-refractivity contribution in [1.82, 2.24) is 0 Å². The SMILES string of the molecule is O=S(=O)(c1ccccc1NCc1ccccc1N1CCOCC1)C(F)F. The van der Waals surface area contributed by atoms with E-state index in [0.717, 1.165) is 24.3 Å².